The fraction of sp³-hybridized carbons (Fsp3) is 0.833. The summed E-state index contributed by atoms with van der Waals surface area (Å²) in [4.78, 5) is 14.9. The largest absolute Gasteiger partial charge is 0.434 e. The fourth-order valence-corrected chi connectivity index (χ4v) is 0.437. The maximum absolute atomic E-state index is 10.6. The van der Waals surface area contributed by atoms with Crippen LogP contribution < -0.4 is 5.90 Å². The van der Waals surface area contributed by atoms with Crippen molar-refractivity contribution in [3.8, 4) is 0 Å². The Bertz CT molecular complexity index is 101. The zero-order chi connectivity index (χ0) is 7.98. The molecule has 0 saturated heterocycles. The molecule has 1 atom stereocenters. The molecular formula is C6H13NO3. The van der Waals surface area contributed by atoms with Crippen LogP contribution in [-0.2, 0) is 14.4 Å². The number of carbonyl (C=O) groups excluding carboxylic acids is 1. The number of hydrogen-bond donors (Lipinski definition) is 1. The van der Waals surface area contributed by atoms with E-state index in [4.69, 9.17) is 10.6 Å². The Hall–Kier alpha value is -0.610. The van der Waals surface area contributed by atoms with Gasteiger partial charge in [0.05, 0.1) is 0 Å². The third-order valence-electron chi connectivity index (χ3n) is 1.04. The van der Waals surface area contributed by atoms with Crippen LogP contribution in [0.1, 0.15) is 26.7 Å². The van der Waals surface area contributed by atoms with E-state index in [1.54, 1.807) is 6.92 Å². The fourth-order valence-electron chi connectivity index (χ4n) is 0.437. The Morgan fingerprint density at radius 1 is 1.60 bits per heavy atom. The zero-order valence-electron chi connectivity index (χ0n) is 6.29. The molecule has 0 aromatic rings. The minimum absolute atomic E-state index is 0.294. The van der Waals surface area contributed by atoms with Crippen molar-refractivity contribution in [3.63, 3.8) is 0 Å². The van der Waals surface area contributed by atoms with E-state index in [1.807, 2.05) is 6.92 Å². The Morgan fingerprint density at radius 3 is 2.50 bits per heavy atom. The van der Waals surface area contributed by atoms with Gasteiger partial charge in [0.2, 0.25) is 6.29 Å². The second-order valence-electron chi connectivity index (χ2n) is 1.82. The normalized spacial score (nSPS) is 12.7. The van der Waals surface area contributed by atoms with Crippen LogP contribution in [0.5, 0.6) is 0 Å². The van der Waals surface area contributed by atoms with E-state index in [-0.39, 0.29) is 5.97 Å². The van der Waals surface area contributed by atoms with E-state index in [2.05, 4.69) is 4.84 Å². The van der Waals surface area contributed by atoms with Crippen molar-refractivity contribution in [2.24, 2.45) is 5.90 Å². The lowest BCUT2D eigenvalue weighted by Gasteiger charge is -2.11. The highest BCUT2D eigenvalue weighted by molar-refractivity contribution is 5.68. The standard InChI is InChI=1S/C6H13NO3/c1-3-5(8)9-6(4-2)10-7/h6H,3-4,7H2,1-2H3. The predicted molar refractivity (Wildman–Crippen MR) is 35.7 cm³/mol. The number of carbonyl (C=O) groups is 1. The first-order valence-corrected chi connectivity index (χ1v) is 3.29. The number of esters is 1. The smallest absolute Gasteiger partial charge is 0.307 e. The van der Waals surface area contributed by atoms with Crippen molar-refractivity contribution >= 4 is 5.97 Å². The summed E-state index contributed by atoms with van der Waals surface area (Å²) in [5.41, 5.74) is 0. The van der Waals surface area contributed by atoms with Gasteiger partial charge < -0.3 is 4.74 Å². The molecule has 10 heavy (non-hydrogen) atoms. The summed E-state index contributed by atoms with van der Waals surface area (Å²) in [5.74, 6) is 4.51. The molecule has 0 amide bonds. The van der Waals surface area contributed by atoms with Crippen molar-refractivity contribution in [1.82, 2.24) is 0 Å². The molecule has 2 N–H and O–H groups in total. The van der Waals surface area contributed by atoms with E-state index in [1.165, 1.54) is 0 Å². The summed E-state index contributed by atoms with van der Waals surface area (Å²) < 4.78 is 4.71. The lowest BCUT2D eigenvalue weighted by atomic mass is 10.4. The lowest BCUT2D eigenvalue weighted by Crippen LogP contribution is -2.23. The predicted octanol–water partition coefficient (Wildman–Crippen LogP) is 0.566. The van der Waals surface area contributed by atoms with Crippen LogP contribution in [0, 0.1) is 0 Å². The van der Waals surface area contributed by atoms with Gasteiger partial charge in [0.15, 0.2) is 0 Å². The van der Waals surface area contributed by atoms with E-state index in [0.717, 1.165) is 0 Å². The van der Waals surface area contributed by atoms with E-state index < -0.39 is 6.29 Å². The van der Waals surface area contributed by atoms with Crippen LogP contribution in [-0.4, -0.2) is 12.3 Å². The van der Waals surface area contributed by atoms with Gasteiger partial charge in [-0.3, -0.25) is 9.63 Å². The summed E-state index contributed by atoms with van der Waals surface area (Å²) in [6.45, 7) is 3.53. The molecule has 4 nitrogen and oxygen atoms in total. The van der Waals surface area contributed by atoms with Gasteiger partial charge in [-0.1, -0.05) is 13.8 Å². The molecule has 0 aliphatic carbocycles. The van der Waals surface area contributed by atoms with Crippen molar-refractivity contribution in [3.05, 3.63) is 0 Å². The molecule has 0 fully saturated rings. The highest BCUT2D eigenvalue weighted by Crippen LogP contribution is 1.98. The summed E-state index contributed by atoms with van der Waals surface area (Å²) in [6.07, 6.45) is 0.328. The summed E-state index contributed by atoms with van der Waals surface area (Å²) >= 11 is 0. The second kappa shape index (κ2) is 5.20. The van der Waals surface area contributed by atoms with Crippen molar-refractivity contribution in [1.29, 1.82) is 0 Å². The molecule has 4 heteroatoms. The van der Waals surface area contributed by atoms with Gasteiger partial charge in [-0.25, -0.2) is 5.90 Å². The first-order chi connectivity index (χ1) is 4.74. The van der Waals surface area contributed by atoms with Crippen LogP contribution in [0.4, 0.5) is 0 Å². The summed E-state index contributed by atoms with van der Waals surface area (Å²) in [7, 11) is 0. The quantitative estimate of drug-likeness (QED) is 0.358. The molecule has 1 unspecified atom stereocenters. The summed E-state index contributed by atoms with van der Waals surface area (Å²) in [6, 6.07) is 0. The molecule has 0 spiro atoms. The Morgan fingerprint density at radius 2 is 2.20 bits per heavy atom. The average Bonchev–Trinajstić information content (AvgIpc) is 1.99. The van der Waals surface area contributed by atoms with Crippen molar-refractivity contribution < 1.29 is 14.4 Å². The van der Waals surface area contributed by atoms with Gasteiger partial charge in [-0.15, -0.1) is 0 Å². The molecule has 0 bridgehead atoms. The molecule has 0 aromatic heterocycles. The highest BCUT2D eigenvalue weighted by atomic mass is 16.8. The van der Waals surface area contributed by atoms with Gasteiger partial charge in [0.1, 0.15) is 0 Å². The Labute approximate surface area is 60.2 Å². The number of rotatable bonds is 4. The van der Waals surface area contributed by atoms with Gasteiger partial charge in [-0.05, 0) is 0 Å². The molecule has 0 aliphatic rings. The minimum atomic E-state index is -0.590. The van der Waals surface area contributed by atoms with Crippen LogP contribution >= 0.6 is 0 Å². The molecule has 60 valence electrons. The molecule has 0 heterocycles. The van der Waals surface area contributed by atoms with Crippen LogP contribution in [0.2, 0.25) is 0 Å². The van der Waals surface area contributed by atoms with Gasteiger partial charge in [-0.2, -0.15) is 0 Å². The van der Waals surface area contributed by atoms with Crippen molar-refractivity contribution in [2.75, 3.05) is 0 Å². The number of nitrogens with two attached hydrogens (primary N) is 1. The second-order valence-corrected chi connectivity index (χ2v) is 1.82. The highest BCUT2D eigenvalue weighted by Gasteiger charge is 2.08. The maximum atomic E-state index is 10.6. The lowest BCUT2D eigenvalue weighted by molar-refractivity contribution is -0.180. The monoisotopic (exact) mass is 147 g/mol. The average molecular weight is 147 g/mol. The van der Waals surface area contributed by atoms with Crippen LogP contribution in [0.25, 0.3) is 0 Å². The molecule has 0 aliphatic heterocycles. The van der Waals surface area contributed by atoms with Gasteiger partial charge >= 0.3 is 5.97 Å². The number of ether oxygens (including phenoxy) is 1. The Kier molecular flexibility index (Phi) is 4.88. The number of hydrogen-bond acceptors (Lipinski definition) is 4. The Balaban J connectivity index is 3.52. The topological polar surface area (TPSA) is 61.5 Å². The first-order valence-electron chi connectivity index (χ1n) is 3.29. The van der Waals surface area contributed by atoms with E-state index in [0.29, 0.717) is 12.8 Å². The molecule has 0 rings (SSSR count). The van der Waals surface area contributed by atoms with E-state index >= 15 is 0 Å². The SMILES string of the molecule is CCC(=O)OC(CC)ON. The third-order valence-corrected chi connectivity index (χ3v) is 1.04. The minimum Gasteiger partial charge on any atom is -0.434 e. The van der Waals surface area contributed by atoms with E-state index in [9.17, 15) is 4.79 Å². The summed E-state index contributed by atoms with van der Waals surface area (Å²) in [5, 5.41) is 0. The van der Waals surface area contributed by atoms with Crippen LogP contribution in [0.15, 0.2) is 0 Å². The third kappa shape index (κ3) is 3.42. The van der Waals surface area contributed by atoms with Crippen LogP contribution in [0.3, 0.4) is 0 Å². The van der Waals surface area contributed by atoms with Crippen molar-refractivity contribution in [2.45, 2.75) is 33.0 Å². The molecule has 0 saturated carbocycles. The maximum Gasteiger partial charge on any atom is 0.307 e. The molecule has 0 radical (unpaired) electrons. The first kappa shape index (κ1) is 9.39. The van der Waals surface area contributed by atoms with Gasteiger partial charge in [0.25, 0.3) is 0 Å². The van der Waals surface area contributed by atoms with Gasteiger partial charge in [0, 0.05) is 12.8 Å². The molecule has 0 aromatic carbocycles. The molecular weight excluding hydrogens is 134 g/mol. The zero-order valence-corrected chi connectivity index (χ0v) is 6.29.